The van der Waals surface area contributed by atoms with Gasteiger partial charge in [0.1, 0.15) is 11.7 Å². The molecule has 23 heavy (non-hydrogen) atoms. The summed E-state index contributed by atoms with van der Waals surface area (Å²) in [4.78, 5) is 15.9. The van der Waals surface area contributed by atoms with Gasteiger partial charge in [0.05, 0.1) is 11.1 Å². The minimum absolute atomic E-state index is 0.164. The van der Waals surface area contributed by atoms with E-state index in [2.05, 4.69) is 4.98 Å². The summed E-state index contributed by atoms with van der Waals surface area (Å²) in [5.74, 6) is -0.666. The number of nitrogens with zero attached hydrogens (tertiary/aromatic N) is 2. The number of para-hydroxylation sites is 1. The second-order valence-corrected chi connectivity index (χ2v) is 5.76. The summed E-state index contributed by atoms with van der Waals surface area (Å²) in [6.45, 7) is -0.360. The second kappa shape index (κ2) is 5.36. The fourth-order valence-corrected chi connectivity index (χ4v) is 3.10. The van der Waals surface area contributed by atoms with E-state index in [1.54, 1.807) is 24.3 Å². The average molecular weight is 341 g/mol. The third kappa shape index (κ3) is 2.57. The Morgan fingerprint density at radius 1 is 1.35 bits per heavy atom. The van der Waals surface area contributed by atoms with Gasteiger partial charge >= 0.3 is 6.18 Å². The summed E-state index contributed by atoms with van der Waals surface area (Å²) in [5, 5.41) is 8.96. The average Bonchev–Trinajstić information content (AvgIpc) is 3.07. The molecule has 9 heteroatoms. The van der Waals surface area contributed by atoms with Crippen LogP contribution < -0.4 is 5.73 Å². The Bertz CT molecular complexity index is 898. The molecule has 3 rings (SSSR count). The zero-order chi connectivity index (χ0) is 16.8. The number of halogens is 3. The van der Waals surface area contributed by atoms with E-state index in [1.165, 1.54) is 10.8 Å². The van der Waals surface area contributed by atoms with Crippen molar-refractivity contribution in [1.82, 2.24) is 9.55 Å². The third-order valence-electron chi connectivity index (χ3n) is 3.30. The predicted octanol–water partition coefficient (Wildman–Crippen LogP) is 2.88. The molecule has 0 bridgehead atoms. The molecule has 0 saturated heterocycles. The molecule has 120 valence electrons. The quantitative estimate of drug-likeness (QED) is 0.718. The molecule has 0 unspecified atom stereocenters. The minimum atomic E-state index is -4.71. The molecular weight excluding hydrogens is 331 g/mol. The van der Waals surface area contributed by atoms with Gasteiger partial charge in [-0.05, 0) is 6.07 Å². The van der Waals surface area contributed by atoms with Crippen LogP contribution in [0.4, 0.5) is 18.2 Å². The van der Waals surface area contributed by atoms with Crippen molar-refractivity contribution in [2.45, 2.75) is 12.9 Å². The number of aliphatic hydroxyl groups is 1. The van der Waals surface area contributed by atoms with Crippen molar-refractivity contribution in [1.29, 1.82) is 0 Å². The summed E-state index contributed by atoms with van der Waals surface area (Å²) in [7, 11) is 0. The Balaban J connectivity index is 2.12. The number of thiazole rings is 1. The first-order valence-corrected chi connectivity index (χ1v) is 7.21. The summed E-state index contributed by atoms with van der Waals surface area (Å²) in [6, 6.07) is 6.76. The van der Waals surface area contributed by atoms with E-state index in [-0.39, 0.29) is 17.3 Å². The van der Waals surface area contributed by atoms with E-state index in [9.17, 15) is 23.1 Å². The molecule has 0 spiro atoms. The van der Waals surface area contributed by atoms with Crippen LogP contribution in [-0.2, 0) is 12.9 Å². The van der Waals surface area contributed by atoms with Crippen molar-refractivity contribution in [2.24, 2.45) is 0 Å². The molecule has 0 amide bonds. The van der Waals surface area contributed by atoms with Crippen molar-refractivity contribution in [2.75, 3.05) is 5.73 Å². The first-order chi connectivity index (χ1) is 10.8. The number of alkyl halides is 3. The Hall–Kier alpha value is -2.39. The lowest BCUT2D eigenvalue weighted by atomic mass is 10.1. The van der Waals surface area contributed by atoms with Gasteiger partial charge < -0.3 is 15.4 Å². The number of aromatic nitrogens is 2. The van der Waals surface area contributed by atoms with Crippen LogP contribution in [-0.4, -0.2) is 20.4 Å². The van der Waals surface area contributed by atoms with Gasteiger partial charge in [-0.2, -0.15) is 13.2 Å². The lowest BCUT2D eigenvalue weighted by Crippen LogP contribution is -2.09. The molecule has 2 aromatic heterocycles. The maximum atomic E-state index is 12.8. The van der Waals surface area contributed by atoms with Crippen LogP contribution in [0.1, 0.15) is 21.1 Å². The standard InChI is InChI=1S/C14H10F3N3O2S/c15-14(16,17)11-12(18)23-13(19-11)10(22)8-5-20(6-21)9-4-2-1-3-7(8)9/h1-5,21H,6,18H2. The molecule has 2 heterocycles. The summed E-state index contributed by atoms with van der Waals surface area (Å²) in [5.41, 5.74) is 4.83. The van der Waals surface area contributed by atoms with Gasteiger partial charge in [0.15, 0.2) is 10.7 Å². The Labute approximate surface area is 131 Å². The molecule has 0 atom stereocenters. The number of rotatable bonds is 3. The highest BCUT2D eigenvalue weighted by molar-refractivity contribution is 7.17. The molecule has 0 aliphatic rings. The third-order valence-corrected chi connectivity index (χ3v) is 4.18. The van der Waals surface area contributed by atoms with Gasteiger partial charge in [0.25, 0.3) is 0 Å². The van der Waals surface area contributed by atoms with E-state index < -0.39 is 22.7 Å². The molecule has 0 aliphatic carbocycles. The number of nitrogens with two attached hydrogens (primary N) is 1. The monoisotopic (exact) mass is 341 g/mol. The van der Waals surface area contributed by atoms with Crippen molar-refractivity contribution in [3.63, 3.8) is 0 Å². The maximum Gasteiger partial charge on any atom is 0.436 e. The molecule has 3 aromatic rings. The number of benzene rings is 1. The van der Waals surface area contributed by atoms with Crippen LogP contribution >= 0.6 is 11.3 Å². The van der Waals surface area contributed by atoms with Crippen LogP contribution in [0.15, 0.2) is 30.5 Å². The molecule has 0 fully saturated rings. The highest BCUT2D eigenvalue weighted by atomic mass is 32.1. The van der Waals surface area contributed by atoms with Crippen molar-refractivity contribution in [3.05, 3.63) is 46.7 Å². The molecule has 0 radical (unpaired) electrons. The Morgan fingerprint density at radius 2 is 2.04 bits per heavy atom. The van der Waals surface area contributed by atoms with Crippen LogP contribution in [0.3, 0.4) is 0 Å². The van der Waals surface area contributed by atoms with Crippen LogP contribution in [0, 0.1) is 0 Å². The van der Waals surface area contributed by atoms with E-state index in [0.717, 1.165) is 0 Å². The summed E-state index contributed by atoms with van der Waals surface area (Å²) in [6.07, 6.45) is -3.32. The molecule has 1 aromatic carbocycles. The molecule has 0 saturated carbocycles. The summed E-state index contributed by atoms with van der Waals surface area (Å²) < 4.78 is 39.7. The van der Waals surface area contributed by atoms with Crippen molar-refractivity contribution in [3.8, 4) is 0 Å². The largest absolute Gasteiger partial charge is 0.436 e. The van der Waals surface area contributed by atoms with Crippen molar-refractivity contribution < 1.29 is 23.1 Å². The number of hydrogen-bond acceptors (Lipinski definition) is 5. The van der Waals surface area contributed by atoms with Gasteiger partial charge in [-0.25, -0.2) is 4.98 Å². The number of ketones is 1. The Kier molecular flexibility index (Phi) is 3.61. The van der Waals surface area contributed by atoms with E-state index in [1.807, 2.05) is 0 Å². The zero-order valence-electron chi connectivity index (χ0n) is 11.5. The van der Waals surface area contributed by atoms with Gasteiger partial charge in [0, 0.05) is 11.6 Å². The lowest BCUT2D eigenvalue weighted by Gasteiger charge is -2.01. The van der Waals surface area contributed by atoms with Crippen LogP contribution in [0.2, 0.25) is 0 Å². The maximum absolute atomic E-state index is 12.8. The first kappa shape index (κ1) is 15.5. The number of fused-ring (bicyclic) bond motifs is 1. The number of aliphatic hydroxyl groups excluding tert-OH is 1. The van der Waals surface area contributed by atoms with E-state index in [4.69, 9.17) is 5.73 Å². The smallest absolute Gasteiger partial charge is 0.389 e. The topological polar surface area (TPSA) is 81.1 Å². The zero-order valence-corrected chi connectivity index (χ0v) is 12.3. The SMILES string of the molecule is Nc1sc(C(=O)c2cn(CO)c3ccccc23)nc1C(F)(F)F. The molecule has 5 nitrogen and oxygen atoms in total. The molecule has 0 aliphatic heterocycles. The van der Waals surface area contributed by atoms with Crippen molar-refractivity contribution >= 4 is 33.0 Å². The highest BCUT2D eigenvalue weighted by Crippen LogP contribution is 2.37. The predicted molar refractivity (Wildman–Crippen MR) is 79.1 cm³/mol. The van der Waals surface area contributed by atoms with Gasteiger partial charge in [0.2, 0.25) is 5.78 Å². The first-order valence-electron chi connectivity index (χ1n) is 6.40. The Morgan fingerprint density at radius 3 is 2.65 bits per heavy atom. The number of carbonyl (C=O) groups is 1. The number of nitrogen functional groups attached to an aromatic ring is 1. The fraction of sp³-hybridized carbons (Fsp3) is 0.143. The second-order valence-electron chi connectivity index (χ2n) is 4.73. The molecular formula is C14H10F3N3O2S. The highest BCUT2D eigenvalue weighted by Gasteiger charge is 2.38. The normalized spacial score (nSPS) is 12.0. The number of anilines is 1. The van der Waals surface area contributed by atoms with Gasteiger partial charge in [-0.15, -0.1) is 0 Å². The number of carbonyl (C=O) groups excluding carboxylic acids is 1. The fourth-order valence-electron chi connectivity index (χ4n) is 2.29. The van der Waals surface area contributed by atoms with Gasteiger partial charge in [-0.3, -0.25) is 4.79 Å². The minimum Gasteiger partial charge on any atom is -0.389 e. The molecule has 3 N–H and O–H groups in total. The van der Waals surface area contributed by atoms with Gasteiger partial charge in [-0.1, -0.05) is 29.5 Å². The summed E-state index contributed by atoms with van der Waals surface area (Å²) >= 11 is 0.495. The number of hydrogen-bond donors (Lipinski definition) is 2. The lowest BCUT2D eigenvalue weighted by molar-refractivity contribution is -0.140. The van der Waals surface area contributed by atoms with E-state index >= 15 is 0 Å². The van der Waals surface area contributed by atoms with Crippen LogP contribution in [0.25, 0.3) is 10.9 Å². The van der Waals surface area contributed by atoms with E-state index in [0.29, 0.717) is 22.2 Å². The van der Waals surface area contributed by atoms with Crippen LogP contribution in [0.5, 0.6) is 0 Å².